The van der Waals surface area contributed by atoms with Gasteiger partial charge >= 0.3 is 0 Å². The highest BCUT2D eigenvalue weighted by Gasteiger charge is 2.15. The molecule has 1 N–H and O–H groups in total. The molecule has 0 bridgehead atoms. The van der Waals surface area contributed by atoms with Gasteiger partial charge in [-0.05, 0) is 40.0 Å². The Balaban J connectivity index is 2.12. The van der Waals surface area contributed by atoms with Gasteiger partial charge in [0.05, 0.1) is 9.40 Å². The van der Waals surface area contributed by atoms with Crippen LogP contribution in [0.4, 0.5) is 5.69 Å². The van der Waals surface area contributed by atoms with Crippen molar-refractivity contribution in [3.8, 4) is 0 Å². The van der Waals surface area contributed by atoms with Crippen LogP contribution >= 0.6 is 27.5 Å². The third kappa shape index (κ3) is 3.81. The largest absolute Gasteiger partial charge is 0.306 e. The van der Waals surface area contributed by atoms with Gasteiger partial charge in [0, 0.05) is 23.7 Å². The summed E-state index contributed by atoms with van der Waals surface area (Å²) in [6.07, 6.45) is 0. The molecule has 1 unspecified atom stereocenters. The number of rotatable bonds is 5. The van der Waals surface area contributed by atoms with E-state index in [2.05, 4.69) is 21.2 Å². The molecule has 0 aromatic heterocycles. The Kier molecular flexibility index (Phi) is 5.33. The second-order valence-electron chi connectivity index (χ2n) is 4.63. The van der Waals surface area contributed by atoms with Crippen LogP contribution in [0.3, 0.4) is 0 Å². The van der Waals surface area contributed by atoms with Crippen LogP contribution in [0.25, 0.3) is 0 Å². The molecule has 4 nitrogen and oxygen atoms in total. The molecule has 0 spiro atoms. The molecule has 0 radical (unpaired) electrons. The van der Waals surface area contributed by atoms with Gasteiger partial charge in [0.15, 0.2) is 0 Å². The van der Waals surface area contributed by atoms with Gasteiger partial charge in [0.25, 0.3) is 5.69 Å². The Morgan fingerprint density at radius 2 is 2.00 bits per heavy atom. The number of nitro groups is 1. The molecule has 0 saturated carbocycles. The Hall–Kier alpha value is -1.43. The molecule has 0 fully saturated rings. The van der Waals surface area contributed by atoms with E-state index in [9.17, 15) is 10.1 Å². The minimum absolute atomic E-state index is 0.0462. The zero-order valence-electron chi connectivity index (χ0n) is 11.3. The third-order valence-electron chi connectivity index (χ3n) is 3.23. The fourth-order valence-corrected chi connectivity index (χ4v) is 2.89. The van der Waals surface area contributed by atoms with Crippen molar-refractivity contribution in [3.05, 3.63) is 73.2 Å². The molecular formula is C15H14BrClN2O2. The highest BCUT2D eigenvalue weighted by molar-refractivity contribution is 9.10. The van der Waals surface area contributed by atoms with Gasteiger partial charge < -0.3 is 5.32 Å². The zero-order valence-corrected chi connectivity index (χ0v) is 13.7. The summed E-state index contributed by atoms with van der Waals surface area (Å²) in [6, 6.07) is 12.7. The Morgan fingerprint density at radius 1 is 1.29 bits per heavy atom. The van der Waals surface area contributed by atoms with Crippen LogP contribution in [0.1, 0.15) is 24.1 Å². The highest BCUT2D eigenvalue weighted by atomic mass is 79.9. The number of nitro benzene ring substituents is 1. The first kappa shape index (κ1) is 15.9. The lowest BCUT2D eigenvalue weighted by atomic mass is 10.1. The van der Waals surface area contributed by atoms with Crippen molar-refractivity contribution in [2.75, 3.05) is 0 Å². The van der Waals surface area contributed by atoms with E-state index < -0.39 is 4.92 Å². The molecule has 0 aliphatic heterocycles. The first-order valence-corrected chi connectivity index (χ1v) is 7.57. The Morgan fingerprint density at radius 3 is 2.67 bits per heavy atom. The number of benzene rings is 2. The predicted molar refractivity (Wildman–Crippen MR) is 87.5 cm³/mol. The fourth-order valence-electron chi connectivity index (χ4n) is 2.04. The van der Waals surface area contributed by atoms with Gasteiger partial charge in [0.1, 0.15) is 0 Å². The lowest BCUT2D eigenvalue weighted by Gasteiger charge is -2.16. The van der Waals surface area contributed by atoms with Gasteiger partial charge in [-0.2, -0.15) is 0 Å². The van der Waals surface area contributed by atoms with Crippen molar-refractivity contribution in [3.63, 3.8) is 0 Å². The molecule has 1 atom stereocenters. The van der Waals surface area contributed by atoms with Crippen LogP contribution in [0, 0.1) is 10.1 Å². The van der Waals surface area contributed by atoms with E-state index in [0.717, 1.165) is 11.1 Å². The van der Waals surface area contributed by atoms with Crippen LogP contribution < -0.4 is 5.32 Å². The minimum atomic E-state index is -0.398. The smallest absolute Gasteiger partial charge is 0.283 e. The number of nitrogens with one attached hydrogen (secondary N) is 1. The molecule has 2 aromatic rings. The lowest BCUT2D eigenvalue weighted by molar-refractivity contribution is -0.385. The van der Waals surface area contributed by atoms with Crippen molar-refractivity contribution >= 4 is 33.2 Å². The molecule has 0 aliphatic rings. The van der Waals surface area contributed by atoms with Crippen LogP contribution in [0.2, 0.25) is 5.02 Å². The Bertz CT molecular complexity index is 664. The van der Waals surface area contributed by atoms with Crippen LogP contribution in [0.5, 0.6) is 0 Å². The maximum atomic E-state index is 10.9. The summed E-state index contributed by atoms with van der Waals surface area (Å²) in [7, 11) is 0. The summed E-state index contributed by atoms with van der Waals surface area (Å²) in [5.74, 6) is 0. The van der Waals surface area contributed by atoms with Crippen molar-refractivity contribution in [1.29, 1.82) is 0 Å². The van der Waals surface area contributed by atoms with Crippen molar-refractivity contribution < 1.29 is 4.92 Å². The molecule has 110 valence electrons. The summed E-state index contributed by atoms with van der Waals surface area (Å²) in [5, 5.41) is 14.9. The molecule has 0 saturated heterocycles. The van der Waals surface area contributed by atoms with Crippen LogP contribution in [-0.2, 0) is 6.54 Å². The molecule has 0 amide bonds. The summed E-state index contributed by atoms with van der Waals surface area (Å²) in [5.41, 5.74) is 1.91. The van der Waals surface area contributed by atoms with Gasteiger partial charge in [-0.25, -0.2) is 0 Å². The minimum Gasteiger partial charge on any atom is -0.306 e. The summed E-state index contributed by atoms with van der Waals surface area (Å²) < 4.78 is 0.508. The molecule has 21 heavy (non-hydrogen) atoms. The van der Waals surface area contributed by atoms with Crippen molar-refractivity contribution in [1.82, 2.24) is 5.32 Å². The van der Waals surface area contributed by atoms with E-state index in [1.165, 1.54) is 6.07 Å². The van der Waals surface area contributed by atoms with Crippen LogP contribution in [-0.4, -0.2) is 4.92 Å². The summed E-state index contributed by atoms with van der Waals surface area (Å²) >= 11 is 9.46. The molecule has 6 heteroatoms. The highest BCUT2D eigenvalue weighted by Crippen LogP contribution is 2.29. The van der Waals surface area contributed by atoms with Gasteiger partial charge in [-0.15, -0.1) is 0 Å². The number of nitrogens with zero attached hydrogens (tertiary/aromatic N) is 1. The summed E-state index contributed by atoms with van der Waals surface area (Å²) in [4.78, 5) is 10.5. The van der Waals surface area contributed by atoms with Gasteiger partial charge in [-0.1, -0.05) is 41.9 Å². The lowest BCUT2D eigenvalue weighted by Crippen LogP contribution is -2.18. The van der Waals surface area contributed by atoms with Crippen LogP contribution in [0.15, 0.2) is 46.9 Å². The van der Waals surface area contributed by atoms with E-state index >= 15 is 0 Å². The average molecular weight is 370 g/mol. The standard InChI is InChI=1S/C15H14BrClN2O2/c1-10(12-6-2-3-7-13(12)17)18-9-11-5-4-8-14(15(11)16)19(20)21/h2-8,10,18H,9H2,1H3. The SMILES string of the molecule is CC(NCc1cccc([N+](=O)[O-])c1Br)c1ccccc1Cl. The Labute approximate surface area is 136 Å². The topological polar surface area (TPSA) is 55.2 Å². The third-order valence-corrected chi connectivity index (χ3v) is 4.49. The van der Waals surface area contributed by atoms with Gasteiger partial charge in [-0.3, -0.25) is 10.1 Å². The monoisotopic (exact) mass is 368 g/mol. The number of hydrogen-bond donors (Lipinski definition) is 1. The fraction of sp³-hybridized carbons (Fsp3) is 0.200. The maximum Gasteiger partial charge on any atom is 0.283 e. The summed E-state index contributed by atoms with van der Waals surface area (Å²) in [6.45, 7) is 2.52. The molecule has 2 rings (SSSR count). The quantitative estimate of drug-likeness (QED) is 0.605. The second-order valence-corrected chi connectivity index (χ2v) is 5.83. The predicted octanol–water partition coefficient (Wildman–Crippen LogP) is 4.86. The van der Waals surface area contributed by atoms with E-state index in [1.807, 2.05) is 37.3 Å². The van der Waals surface area contributed by atoms with Crippen molar-refractivity contribution in [2.24, 2.45) is 0 Å². The first-order chi connectivity index (χ1) is 10.0. The molecule has 0 aliphatic carbocycles. The van der Waals surface area contributed by atoms with E-state index in [0.29, 0.717) is 16.0 Å². The van der Waals surface area contributed by atoms with E-state index in [1.54, 1.807) is 6.07 Å². The number of hydrogen-bond acceptors (Lipinski definition) is 3. The second kappa shape index (κ2) is 7.02. The van der Waals surface area contributed by atoms with E-state index in [4.69, 9.17) is 11.6 Å². The average Bonchev–Trinajstić information content (AvgIpc) is 2.46. The number of halogens is 2. The maximum absolute atomic E-state index is 10.9. The first-order valence-electron chi connectivity index (χ1n) is 6.40. The van der Waals surface area contributed by atoms with E-state index in [-0.39, 0.29) is 11.7 Å². The molecule has 2 aromatic carbocycles. The van der Waals surface area contributed by atoms with Gasteiger partial charge in [0.2, 0.25) is 0 Å². The normalized spacial score (nSPS) is 12.1. The zero-order chi connectivity index (χ0) is 15.4. The molecule has 0 heterocycles. The van der Waals surface area contributed by atoms with Crippen molar-refractivity contribution in [2.45, 2.75) is 19.5 Å². The molecular weight excluding hydrogens is 356 g/mol.